The third-order valence-corrected chi connectivity index (χ3v) is 5.87. The van der Waals surface area contributed by atoms with Gasteiger partial charge in [-0.2, -0.15) is 0 Å². The molecule has 1 fully saturated rings. The van der Waals surface area contributed by atoms with Gasteiger partial charge in [0.25, 0.3) is 5.91 Å². The van der Waals surface area contributed by atoms with Gasteiger partial charge in [-0.25, -0.2) is 8.78 Å². The lowest BCUT2D eigenvalue weighted by atomic mass is 10.1. The Morgan fingerprint density at radius 3 is 2.70 bits per heavy atom. The standard InChI is InChI=1S/C21H19F2NO4S2/c22-13-6-8-16(23)15(11-13)17-9-7-14(28-17)12-18-20(27)24(21(29)30-18)10-4-2-1-3-5-19(25)26/h6-9,11-12H,1-5,10H2,(H,25,26). The number of carbonyl (C=O) groups is 2. The van der Waals surface area contributed by atoms with Crippen molar-refractivity contribution in [3.05, 3.63) is 52.6 Å². The smallest absolute Gasteiger partial charge is 0.303 e. The lowest BCUT2D eigenvalue weighted by Crippen LogP contribution is -2.29. The summed E-state index contributed by atoms with van der Waals surface area (Å²) in [5, 5.41) is 8.63. The first-order valence-electron chi connectivity index (χ1n) is 9.37. The van der Waals surface area contributed by atoms with Crippen molar-refractivity contribution >= 4 is 46.3 Å². The van der Waals surface area contributed by atoms with Gasteiger partial charge in [0, 0.05) is 19.0 Å². The van der Waals surface area contributed by atoms with Crippen LogP contribution in [0.15, 0.2) is 39.7 Å². The molecule has 1 N–H and O–H groups in total. The summed E-state index contributed by atoms with van der Waals surface area (Å²) in [5.74, 6) is -1.72. The fourth-order valence-corrected chi connectivity index (χ4v) is 4.27. The first kappa shape index (κ1) is 22.2. The van der Waals surface area contributed by atoms with Crippen molar-refractivity contribution in [1.82, 2.24) is 4.90 Å². The van der Waals surface area contributed by atoms with Gasteiger partial charge in [-0.3, -0.25) is 14.5 Å². The minimum atomic E-state index is -0.807. The summed E-state index contributed by atoms with van der Waals surface area (Å²) in [6.45, 7) is 0.465. The molecule has 2 aromatic rings. The fraction of sp³-hybridized carbons (Fsp3) is 0.286. The van der Waals surface area contributed by atoms with Crippen LogP contribution in [0.4, 0.5) is 8.78 Å². The number of carbonyl (C=O) groups excluding carboxylic acids is 1. The van der Waals surface area contributed by atoms with Crippen LogP contribution < -0.4 is 0 Å². The van der Waals surface area contributed by atoms with Crippen molar-refractivity contribution in [1.29, 1.82) is 0 Å². The molecule has 0 bridgehead atoms. The van der Waals surface area contributed by atoms with E-state index in [1.165, 1.54) is 17.0 Å². The number of thiocarbonyl (C=S) groups is 1. The number of carboxylic acid groups (broad SMARTS) is 1. The summed E-state index contributed by atoms with van der Waals surface area (Å²) < 4.78 is 33.3. The van der Waals surface area contributed by atoms with Gasteiger partial charge in [-0.15, -0.1) is 0 Å². The molecule has 0 radical (unpaired) electrons. The van der Waals surface area contributed by atoms with E-state index < -0.39 is 17.6 Å². The molecule has 1 saturated heterocycles. The molecule has 3 rings (SSSR count). The van der Waals surface area contributed by atoms with Crippen LogP contribution in [0.25, 0.3) is 17.4 Å². The highest BCUT2D eigenvalue weighted by atomic mass is 32.2. The summed E-state index contributed by atoms with van der Waals surface area (Å²) in [6, 6.07) is 6.20. The van der Waals surface area contributed by atoms with Gasteiger partial charge < -0.3 is 9.52 Å². The van der Waals surface area contributed by atoms with Gasteiger partial charge in [0.15, 0.2) is 0 Å². The van der Waals surface area contributed by atoms with Crippen molar-refractivity contribution in [3.63, 3.8) is 0 Å². The number of hydrogen-bond acceptors (Lipinski definition) is 5. The van der Waals surface area contributed by atoms with Crippen LogP contribution in [0.3, 0.4) is 0 Å². The fourth-order valence-electron chi connectivity index (χ4n) is 2.98. The molecule has 0 atom stereocenters. The number of unbranched alkanes of at least 4 members (excludes halogenated alkanes) is 3. The Labute approximate surface area is 181 Å². The predicted octanol–water partition coefficient (Wildman–Crippen LogP) is 5.46. The van der Waals surface area contributed by atoms with Crippen LogP contribution in [-0.2, 0) is 9.59 Å². The van der Waals surface area contributed by atoms with Gasteiger partial charge in [0.05, 0.1) is 10.5 Å². The lowest BCUT2D eigenvalue weighted by Gasteiger charge is -2.13. The number of nitrogens with zero attached hydrogens (tertiary/aromatic N) is 1. The molecule has 1 aromatic carbocycles. The molecule has 5 nitrogen and oxygen atoms in total. The van der Waals surface area contributed by atoms with E-state index in [1.54, 1.807) is 6.07 Å². The Morgan fingerprint density at radius 1 is 1.17 bits per heavy atom. The molecule has 2 heterocycles. The molecule has 0 spiro atoms. The van der Waals surface area contributed by atoms with E-state index in [0.29, 0.717) is 28.0 Å². The van der Waals surface area contributed by atoms with Crippen molar-refractivity contribution in [2.45, 2.75) is 32.1 Å². The van der Waals surface area contributed by atoms with E-state index in [0.717, 1.165) is 49.2 Å². The van der Waals surface area contributed by atoms with Gasteiger partial charge in [-0.05, 0) is 43.2 Å². The molecule has 1 aromatic heterocycles. The number of furan rings is 1. The van der Waals surface area contributed by atoms with Crippen molar-refractivity contribution in [3.8, 4) is 11.3 Å². The molecule has 1 amide bonds. The summed E-state index contributed by atoms with van der Waals surface area (Å²) in [6.07, 6.45) is 4.61. The molecule has 0 saturated carbocycles. The molecule has 0 unspecified atom stereocenters. The summed E-state index contributed by atoms with van der Waals surface area (Å²) in [7, 11) is 0. The monoisotopic (exact) mass is 451 g/mol. The zero-order valence-corrected chi connectivity index (χ0v) is 17.5. The van der Waals surface area contributed by atoms with Crippen LogP contribution in [-0.4, -0.2) is 32.7 Å². The maximum absolute atomic E-state index is 13.9. The Bertz CT molecular complexity index is 1000. The third kappa shape index (κ3) is 5.54. The minimum Gasteiger partial charge on any atom is -0.481 e. The van der Waals surface area contributed by atoms with E-state index in [9.17, 15) is 18.4 Å². The second-order valence-electron chi connectivity index (χ2n) is 6.72. The van der Waals surface area contributed by atoms with Crippen molar-refractivity contribution in [2.75, 3.05) is 6.54 Å². The third-order valence-electron chi connectivity index (χ3n) is 4.49. The average molecular weight is 452 g/mol. The first-order chi connectivity index (χ1) is 14.3. The number of thioether (sulfide) groups is 1. The average Bonchev–Trinajstić information content (AvgIpc) is 3.26. The van der Waals surface area contributed by atoms with Crippen LogP contribution in [0.2, 0.25) is 0 Å². The highest BCUT2D eigenvalue weighted by Gasteiger charge is 2.31. The second-order valence-corrected chi connectivity index (χ2v) is 8.39. The molecule has 9 heteroatoms. The molecular weight excluding hydrogens is 432 g/mol. The summed E-state index contributed by atoms with van der Waals surface area (Å²) >= 11 is 6.44. The Kier molecular flexibility index (Phi) is 7.38. The van der Waals surface area contributed by atoms with Crippen LogP contribution in [0, 0.1) is 11.6 Å². The molecule has 158 valence electrons. The van der Waals surface area contributed by atoms with Gasteiger partial charge >= 0.3 is 5.97 Å². The summed E-state index contributed by atoms with van der Waals surface area (Å²) in [5.41, 5.74) is 0.00472. The van der Waals surface area contributed by atoms with E-state index in [4.69, 9.17) is 21.7 Å². The zero-order valence-electron chi connectivity index (χ0n) is 15.9. The van der Waals surface area contributed by atoms with Crippen LogP contribution in [0.5, 0.6) is 0 Å². The van der Waals surface area contributed by atoms with E-state index >= 15 is 0 Å². The number of benzene rings is 1. The SMILES string of the molecule is O=C(O)CCCCCCN1C(=O)C(=Cc2ccc(-c3cc(F)ccc3F)o2)SC1=S. The molecular formula is C21H19F2NO4S2. The minimum absolute atomic E-state index is 0.00472. The molecule has 1 aliphatic heterocycles. The number of aliphatic carboxylic acids is 1. The number of halogens is 2. The first-order valence-corrected chi connectivity index (χ1v) is 10.6. The quantitative estimate of drug-likeness (QED) is 0.310. The second kappa shape index (κ2) is 9.99. The summed E-state index contributed by atoms with van der Waals surface area (Å²) in [4.78, 5) is 25.0. The lowest BCUT2D eigenvalue weighted by molar-refractivity contribution is -0.137. The largest absolute Gasteiger partial charge is 0.481 e. The van der Waals surface area contributed by atoms with E-state index in [-0.39, 0.29) is 23.7 Å². The normalized spacial score (nSPS) is 15.4. The predicted molar refractivity (Wildman–Crippen MR) is 115 cm³/mol. The molecule has 30 heavy (non-hydrogen) atoms. The Balaban J connectivity index is 1.61. The van der Waals surface area contributed by atoms with Crippen molar-refractivity contribution in [2.24, 2.45) is 0 Å². The van der Waals surface area contributed by atoms with Crippen LogP contribution in [0.1, 0.15) is 37.9 Å². The number of carboxylic acids is 1. The van der Waals surface area contributed by atoms with Crippen molar-refractivity contribution < 1.29 is 27.9 Å². The topological polar surface area (TPSA) is 70.8 Å². The number of hydrogen-bond donors (Lipinski definition) is 1. The van der Waals surface area contributed by atoms with E-state index in [1.807, 2.05) is 0 Å². The molecule has 0 aliphatic carbocycles. The Morgan fingerprint density at radius 2 is 1.93 bits per heavy atom. The van der Waals surface area contributed by atoms with Crippen LogP contribution >= 0.6 is 24.0 Å². The maximum Gasteiger partial charge on any atom is 0.303 e. The highest BCUT2D eigenvalue weighted by molar-refractivity contribution is 8.26. The zero-order chi connectivity index (χ0) is 21.7. The van der Waals surface area contributed by atoms with E-state index in [2.05, 4.69) is 0 Å². The van der Waals surface area contributed by atoms with Gasteiger partial charge in [0.2, 0.25) is 0 Å². The number of amides is 1. The Hall–Kier alpha value is -2.52. The maximum atomic E-state index is 13.9. The highest BCUT2D eigenvalue weighted by Crippen LogP contribution is 2.34. The number of rotatable bonds is 9. The van der Waals surface area contributed by atoms with Gasteiger partial charge in [-0.1, -0.05) is 36.8 Å². The van der Waals surface area contributed by atoms with Gasteiger partial charge in [0.1, 0.15) is 27.5 Å². The molecule has 1 aliphatic rings.